The summed E-state index contributed by atoms with van der Waals surface area (Å²) in [6.45, 7) is 23.5. The second-order valence-electron chi connectivity index (χ2n) is 16.6. The molecule has 1 heterocycles. The van der Waals surface area contributed by atoms with E-state index in [1.807, 2.05) is 26.0 Å². The molecule has 1 aromatic rings. The molecule has 0 aromatic carbocycles. The number of fused-ring (bicyclic) bond motifs is 7. The van der Waals surface area contributed by atoms with Crippen molar-refractivity contribution in [3.8, 4) is 0 Å². The molecule has 7 atom stereocenters. The van der Waals surface area contributed by atoms with Gasteiger partial charge in [0.2, 0.25) is 11.6 Å². The molecule has 0 spiro atoms. The molecule has 0 saturated heterocycles. The SMILES string of the molecule is [C-]#[N+]C1=C[C@]2(C)C3=CC(=O)[C@@H]4[C@@H]5CC(C)(C)CC[C@]5(c5nc(C6CC6)no5)CC[C@@]4(C)[C@]3(C)CC[C@H]2C(C)(C)C1=O. The van der Waals surface area contributed by atoms with Crippen molar-refractivity contribution < 1.29 is 14.1 Å². The predicted octanol–water partition coefficient (Wildman–Crippen LogP) is 7.77. The number of allylic oxidation sites excluding steroid dienone is 4. The molecule has 218 valence electrons. The van der Waals surface area contributed by atoms with Crippen LogP contribution in [0.5, 0.6) is 0 Å². The molecule has 4 fully saturated rings. The van der Waals surface area contributed by atoms with Crippen LogP contribution in [-0.2, 0) is 15.0 Å². The van der Waals surface area contributed by atoms with Gasteiger partial charge in [0.25, 0.3) is 0 Å². The Hall–Kier alpha value is -2.55. The Bertz CT molecular complexity index is 1470. The van der Waals surface area contributed by atoms with E-state index in [1.165, 1.54) is 0 Å². The van der Waals surface area contributed by atoms with Gasteiger partial charge in [-0.2, -0.15) is 4.98 Å². The van der Waals surface area contributed by atoms with Gasteiger partial charge in [-0.25, -0.2) is 4.85 Å². The monoisotopic (exact) mass is 555 g/mol. The van der Waals surface area contributed by atoms with Gasteiger partial charge in [0.15, 0.2) is 17.4 Å². The molecule has 41 heavy (non-hydrogen) atoms. The topological polar surface area (TPSA) is 77.4 Å². The van der Waals surface area contributed by atoms with Crippen molar-refractivity contribution in [2.75, 3.05) is 0 Å². The smallest absolute Gasteiger partial charge is 0.233 e. The largest absolute Gasteiger partial charge is 0.339 e. The van der Waals surface area contributed by atoms with Gasteiger partial charge in [-0.1, -0.05) is 65.3 Å². The molecule has 4 saturated carbocycles. The molecular weight excluding hydrogens is 510 g/mol. The highest BCUT2D eigenvalue weighted by molar-refractivity contribution is 6.03. The summed E-state index contributed by atoms with van der Waals surface area (Å²) < 4.78 is 6.10. The van der Waals surface area contributed by atoms with Gasteiger partial charge in [0, 0.05) is 22.7 Å². The Morgan fingerprint density at radius 1 is 0.951 bits per heavy atom. The number of hydrogen-bond acceptors (Lipinski definition) is 5. The summed E-state index contributed by atoms with van der Waals surface area (Å²) >= 11 is 0. The second-order valence-corrected chi connectivity index (χ2v) is 16.6. The van der Waals surface area contributed by atoms with E-state index in [0.717, 1.165) is 75.1 Å². The van der Waals surface area contributed by atoms with Crippen molar-refractivity contribution in [1.82, 2.24) is 10.1 Å². The highest BCUT2D eigenvalue weighted by Crippen LogP contribution is 2.74. The third kappa shape index (κ3) is 3.35. The molecule has 0 N–H and O–H groups in total. The van der Waals surface area contributed by atoms with E-state index in [9.17, 15) is 9.59 Å². The van der Waals surface area contributed by atoms with E-state index in [4.69, 9.17) is 16.1 Å². The first-order valence-corrected chi connectivity index (χ1v) is 15.9. The van der Waals surface area contributed by atoms with Gasteiger partial charge < -0.3 is 9.32 Å². The van der Waals surface area contributed by atoms with E-state index in [-0.39, 0.29) is 56.7 Å². The zero-order valence-corrected chi connectivity index (χ0v) is 25.9. The molecular formula is C35H45N3O3. The molecule has 0 bridgehead atoms. The molecule has 6 aliphatic rings. The molecule has 0 aliphatic heterocycles. The number of carbonyl (C=O) groups is 2. The Kier molecular flexibility index (Phi) is 5.38. The highest BCUT2D eigenvalue weighted by Gasteiger charge is 2.70. The highest BCUT2D eigenvalue weighted by atomic mass is 16.5. The molecule has 0 radical (unpaired) electrons. The minimum absolute atomic E-state index is 0.0533. The molecule has 0 unspecified atom stereocenters. The van der Waals surface area contributed by atoms with Crippen LogP contribution in [0, 0.1) is 51.4 Å². The summed E-state index contributed by atoms with van der Waals surface area (Å²) in [4.78, 5) is 36.7. The van der Waals surface area contributed by atoms with Crippen molar-refractivity contribution in [2.24, 2.45) is 44.8 Å². The molecule has 1 aromatic heterocycles. The van der Waals surface area contributed by atoms with Crippen molar-refractivity contribution in [2.45, 2.75) is 118 Å². The first-order valence-electron chi connectivity index (χ1n) is 15.9. The first-order chi connectivity index (χ1) is 19.1. The van der Waals surface area contributed by atoms with E-state index in [2.05, 4.69) is 44.6 Å². The Balaban J connectivity index is 1.38. The van der Waals surface area contributed by atoms with Crippen LogP contribution in [0.4, 0.5) is 0 Å². The van der Waals surface area contributed by atoms with Crippen molar-refractivity contribution in [3.63, 3.8) is 0 Å². The van der Waals surface area contributed by atoms with Crippen LogP contribution in [0.25, 0.3) is 4.85 Å². The maximum absolute atomic E-state index is 14.7. The van der Waals surface area contributed by atoms with Crippen LogP contribution in [0.15, 0.2) is 27.9 Å². The Labute approximate surface area is 244 Å². The molecule has 6 heteroatoms. The van der Waals surface area contributed by atoms with Crippen molar-refractivity contribution in [3.05, 3.63) is 46.6 Å². The average molecular weight is 556 g/mol. The van der Waals surface area contributed by atoms with E-state index < -0.39 is 10.8 Å². The maximum atomic E-state index is 14.7. The van der Waals surface area contributed by atoms with E-state index in [1.54, 1.807) is 0 Å². The van der Waals surface area contributed by atoms with Gasteiger partial charge in [0.05, 0.1) is 12.0 Å². The van der Waals surface area contributed by atoms with Crippen LogP contribution in [0.2, 0.25) is 0 Å². The third-order valence-electron chi connectivity index (χ3n) is 13.7. The molecule has 7 rings (SSSR count). The summed E-state index contributed by atoms with van der Waals surface area (Å²) in [6, 6.07) is 0. The fourth-order valence-electron chi connectivity index (χ4n) is 10.9. The Morgan fingerprint density at radius 3 is 2.34 bits per heavy atom. The summed E-state index contributed by atoms with van der Waals surface area (Å²) in [5.41, 5.74) is -0.310. The minimum Gasteiger partial charge on any atom is -0.339 e. The number of nitrogens with zero attached hydrogens (tertiary/aromatic N) is 3. The first kappa shape index (κ1) is 27.3. The lowest BCUT2D eigenvalue weighted by Gasteiger charge is -2.69. The number of carbonyl (C=O) groups excluding carboxylic acids is 2. The number of aromatic nitrogens is 2. The van der Waals surface area contributed by atoms with E-state index >= 15 is 0 Å². The van der Waals surface area contributed by atoms with Crippen LogP contribution >= 0.6 is 0 Å². The zero-order valence-electron chi connectivity index (χ0n) is 25.9. The minimum atomic E-state index is -0.640. The Morgan fingerprint density at radius 2 is 1.66 bits per heavy atom. The number of hydrogen-bond donors (Lipinski definition) is 0. The van der Waals surface area contributed by atoms with Crippen LogP contribution in [-0.4, -0.2) is 21.7 Å². The van der Waals surface area contributed by atoms with Gasteiger partial charge in [-0.3, -0.25) is 4.79 Å². The number of rotatable bonds is 2. The lowest BCUT2D eigenvalue weighted by atomic mass is 9.34. The predicted molar refractivity (Wildman–Crippen MR) is 155 cm³/mol. The average Bonchev–Trinajstić information content (AvgIpc) is 3.63. The van der Waals surface area contributed by atoms with E-state index in [0.29, 0.717) is 5.92 Å². The normalized spacial score (nSPS) is 44.4. The summed E-state index contributed by atoms with van der Waals surface area (Å²) in [5, 5.41) is 4.44. The zero-order chi connectivity index (χ0) is 29.4. The number of ketones is 2. The van der Waals surface area contributed by atoms with Crippen LogP contribution in [0.3, 0.4) is 0 Å². The van der Waals surface area contributed by atoms with Crippen LogP contribution < -0.4 is 0 Å². The summed E-state index contributed by atoms with van der Waals surface area (Å²) in [5.74, 6) is 2.34. The molecule has 0 amide bonds. The second kappa shape index (κ2) is 8.08. The summed E-state index contributed by atoms with van der Waals surface area (Å²) in [7, 11) is 0. The lowest BCUT2D eigenvalue weighted by molar-refractivity contribution is -0.161. The quantitative estimate of drug-likeness (QED) is 0.348. The standard InChI is InChI=1S/C35H45N3O3/c1-30(2)13-15-35(29-37-28(38-41-29)20-9-10-20)16-14-34(7)26(21(35)18-30)23(39)17-25-32(5)19-22(36-8)27(40)31(3,4)24(32)11-12-33(25,34)6/h17,19-21,24,26H,9-16,18H2,1-7H3/t21-,24-,26-,32-,33+,34+,35-/m0/s1. The van der Waals surface area contributed by atoms with Gasteiger partial charge in [-0.05, 0) is 91.9 Å². The fraction of sp³-hybridized carbons (Fsp3) is 0.743. The van der Waals surface area contributed by atoms with Crippen molar-refractivity contribution >= 4 is 11.6 Å². The maximum Gasteiger partial charge on any atom is 0.233 e. The third-order valence-corrected chi connectivity index (χ3v) is 13.7. The molecule has 6 aliphatic carbocycles. The van der Waals surface area contributed by atoms with Gasteiger partial charge in [-0.15, -0.1) is 0 Å². The van der Waals surface area contributed by atoms with Gasteiger partial charge >= 0.3 is 0 Å². The van der Waals surface area contributed by atoms with Gasteiger partial charge in [0.1, 0.15) is 0 Å². The molecule has 6 nitrogen and oxygen atoms in total. The fourth-order valence-corrected chi connectivity index (χ4v) is 10.9. The summed E-state index contributed by atoms with van der Waals surface area (Å²) in [6.07, 6.45) is 13.0. The van der Waals surface area contributed by atoms with Crippen molar-refractivity contribution in [1.29, 1.82) is 0 Å². The van der Waals surface area contributed by atoms with Crippen LogP contribution in [0.1, 0.15) is 124 Å². The lowest BCUT2D eigenvalue weighted by Crippen LogP contribution is -2.65. The number of Topliss-reactive ketones (excluding diaryl/α,β-unsaturated/α-hetero) is 1.